The van der Waals surface area contributed by atoms with Gasteiger partial charge in [0.15, 0.2) is 0 Å². The van der Waals surface area contributed by atoms with Crippen LogP contribution in [0.5, 0.6) is 0 Å². The van der Waals surface area contributed by atoms with Crippen molar-refractivity contribution in [3.05, 3.63) is 19.8 Å². The van der Waals surface area contributed by atoms with E-state index in [9.17, 15) is 4.79 Å². The molecule has 0 aliphatic carbocycles. The summed E-state index contributed by atoms with van der Waals surface area (Å²) in [5, 5.41) is 8.80. The molecule has 0 atom stereocenters. The third-order valence-electron chi connectivity index (χ3n) is 2.12. The molecule has 1 rings (SSSR count). The van der Waals surface area contributed by atoms with E-state index in [1.54, 1.807) is 0 Å². The molecule has 0 radical (unpaired) electrons. The van der Waals surface area contributed by atoms with E-state index in [2.05, 4.69) is 15.9 Å². The Morgan fingerprint density at radius 1 is 1.69 bits per heavy atom. The Kier molecular flexibility index (Phi) is 5.24. The van der Waals surface area contributed by atoms with Crippen LogP contribution in [-0.2, 0) is 11.3 Å². The number of halogens is 2. The molecule has 0 aliphatic rings. The van der Waals surface area contributed by atoms with Crippen LogP contribution in [0.1, 0.15) is 18.7 Å². The summed E-state index contributed by atoms with van der Waals surface area (Å²) in [6, 6.07) is 2.13. The van der Waals surface area contributed by atoms with Gasteiger partial charge in [0.2, 0.25) is 0 Å². The van der Waals surface area contributed by atoms with Gasteiger partial charge in [-0.25, -0.2) is 0 Å². The maximum Gasteiger partial charge on any atom is 0.317 e. The molecule has 0 bridgehead atoms. The molecular weight excluding hydrogens is 314 g/mol. The Morgan fingerprint density at radius 3 is 2.69 bits per heavy atom. The second kappa shape index (κ2) is 6.00. The first-order chi connectivity index (χ1) is 7.40. The van der Waals surface area contributed by atoms with Crippen LogP contribution < -0.4 is 0 Å². The Balaban J connectivity index is 2.71. The summed E-state index contributed by atoms with van der Waals surface area (Å²) < 4.78 is 1.57. The fourth-order valence-electron chi connectivity index (χ4n) is 1.26. The van der Waals surface area contributed by atoms with E-state index in [0.717, 1.165) is 9.35 Å². The molecule has 0 amide bonds. The minimum atomic E-state index is -0.810. The molecule has 3 nitrogen and oxygen atoms in total. The van der Waals surface area contributed by atoms with Crippen molar-refractivity contribution in [2.24, 2.45) is 0 Å². The molecule has 0 fully saturated rings. The Hall–Kier alpha value is -0.100. The van der Waals surface area contributed by atoms with Gasteiger partial charge in [0.25, 0.3) is 0 Å². The summed E-state index contributed by atoms with van der Waals surface area (Å²) in [6.07, 6.45) is 0. The second-order valence-electron chi connectivity index (χ2n) is 3.73. The summed E-state index contributed by atoms with van der Waals surface area (Å²) in [6.45, 7) is 4.62. The maximum atomic E-state index is 10.7. The van der Waals surface area contributed by atoms with Gasteiger partial charge in [-0.15, -0.1) is 11.3 Å². The zero-order valence-corrected chi connectivity index (χ0v) is 12.2. The second-order valence-corrected chi connectivity index (χ2v) is 6.32. The van der Waals surface area contributed by atoms with Crippen molar-refractivity contribution in [3.8, 4) is 0 Å². The highest BCUT2D eigenvalue weighted by molar-refractivity contribution is 9.10. The van der Waals surface area contributed by atoms with E-state index in [1.807, 2.05) is 24.8 Å². The normalized spacial score (nSPS) is 11.4. The maximum absolute atomic E-state index is 10.7. The van der Waals surface area contributed by atoms with Crippen molar-refractivity contribution in [1.29, 1.82) is 0 Å². The lowest BCUT2D eigenvalue weighted by Crippen LogP contribution is -2.34. The largest absolute Gasteiger partial charge is 0.480 e. The zero-order valence-electron chi connectivity index (χ0n) is 9.04. The van der Waals surface area contributed by atoms with Crippen LogP contribution >= 0.6 is 38.9 Å². The van der Waals surface area contributed by atoms with Gasteiger partial charge in [-0.2, -0.15) is 0 Å². The molecule has 1 aromatic heterocycles. The third kappa shape index (κ3) is 4.05. The lowest BCUT2D eigenvalue weighted by atomic mass is 10.3. The smallest absolute Gasteiger partial charge is 0.317 e. The molecule has 0 spiro atoms. The van der Waals surface area contributed by atoms with E-state index in [1.165, 1.54) is 11.3 Å². The van der Waals surface area contributed by atoms with Gasteiger partial charge in [-0.05, 0) is 35.8 Å². The molecule has 0 saturated heterocycles. The molecule has 0 saturated carbocycles. The number of hydrogen-bond donors (Lipinski definition) is 1. The SMILES string of the molecule is CC(C)N(CC(=O)O)Cc1cc(Br)c(Cl)s1. The molecule has 0 aliphatic heterocycles. The molecule has 16 heavy (non-hydrogen) atoms. The van der Waals surface area contributed by atoms with E-state index in [4.69, 9.17) is 16.7 Å². The molecule has 1 heterocycles. The van der Waals surface area contributed by atoms with Crippen LogP contribution in [0.25, 0.3) is 0 Å². The quantitative estimate of drug-likeness (QED) is 0.901. The summed E-state index contributed by atoms with van der Waals surface area (Å²) >= 11 is 10.7. The number of carbonyl (C=O) groups is 1. The van der Waals surface area contributed by atoms with Crippen LogP contribution in [0, 0.1) is 0 Å². The minimum Gasteiger partial charge on any atom is -0.480 e. The van der Waals surface area contributed by atoms with Crippen LogP contribution in [0.2, 0.25) is 4.34 Å². The number of hydrogen-bond acceptors (Lipinski definition) is 3. The summed E-state index contributed by atoms with van der Waals surface area (Å²) in [4.78, 5) is 13.7. The molecule has 1 aromatic rings. The number of carboxylic acids is 1. The molecular formula is C10H13BrClNO2S. The standard InChI is InChI=1S/C10H13BrClNO2S/c1-6(2)13(5-9(14)15)4-7-3-8(11)10(12)16-7/h3,6H,4-5H2,1-2H3,(H,14,15). The Labute approximate surface area is 112 Å². The average Bonchev–Trinajstić information content (AvgIpc) is 2.44. The van der Waals surface area contributed by atoms with Crippen LogP contribution in [-0.4, -0.2) is 28.6 Å². The average molecular weight is 327 g/mol. The zero-order chi connectivity index (χ0) is 12.3. The van der Waals surface area contributed by atoms with E-state index < -0.39 is 5.97 Å². The van der Waals surface area contributed by atoms with Crippen molar-refractivity contribution in [3.63, 3.8) is 0 Å². The van der Waals surface area contributed by atoms with Gasteiger partial charge in [-0.3, -0.25) is 9.69 Å². The minimum absolute atomic E-state index is 0.0464. The number of aliphatic carboxylic acids is 1. The highest BCUT2D eigenvalue weighted by Crippen LogP contribution is 2.32. The summed E-state index contributed by atoms with van der Waals surface area (Å²) in [5.41, 5.74) is 0. The van der Waals surface area contributed by atoms with Crippen molar-refractivity contribution < 1.29 is 9.90 Å². The Morgan fingerprint density at radius 2 is 2.31 bits per heavy atom. The van der Waals surface area contributed by atoms with Gasteiger partial charge < -0.3 is 5.11 Å². The number of carboxylic acid groups (broad SMARTS) is 1. The molecule has 0 aromatic carbocycles. The van der Waals surface area contributed by atoms with Crippen LogP contribution in [0.4, 0.5) is 0 Å². The summed E-state index contributed by atoms with van der Waals surface area (Å²) in [7, 11) is 0. The van der Waals surface area contributed by atoms with E-state index in [-0.39, 0.29) is 12.6 Å². The first-order valence-electron chi connectivity index (χ1n) is 4.79. The number of thiophene rings is 1. The first kappa shape index (κ1) is 14.0. The van der Waals surface area contributed by atoms with Crippen LogP contribution in [0.15, 0.2) is 10.5 Å². The molecule has 0 unspecified atom stereocenters. The van der Waals surface area contributed by atoms with E-state index in [0.29, 0.717) is 10.9 Å². The van der Waals surface area contributed by atoms with Crippen molar-refractivity contribution in [2.75, 3.05) is 6.54 Å². The Bertz CT molecular complexity index is 361. The monoisotopic (exact) mass is 325 g/mol. The van der Waals surface area contributed by atoms with Gasteiger partial charge in [0, 0.05) is 21.9 Å². The topological polar surface area (TPSA) is 40.5 Å². The highest BCUT2D eigenvalue weighted by atomic mass is 79.9. The molecule has 6 heteroatoms. The number of nitrogens with zero attached hydrogens (tertiary/aromatic N) is 1. The van der Waals surface area contributed by atoms with Crippen molar-refractivity contribution >= 4 is 44.8 Å². The predicted octanol–water partition coefficient (Wildman–Crippen LogP) is 3.46. The van der Waals surface area contributed by atoms with Gasteiger partial charge in [-0.1, -0.05) is 11.6 Å². The predicted molar refractivity (Wildman–Crippen MR) is 70.2 cm³/mol. The fraction of sp³-hybridized carbons (Fsp3) is 0.500. The lowest BCUT2D eigenvalue weighted by molar-refractivity contribution is -0.138. The van der Waals surface area contributed by atoms with Crippen molar-refractivity contribution in [2.45, 2.75) is 26.4 Å². The lowest BCUT2D eigenvalue weighted by Gasteiger charge is -2.23. The van der Waals surface area contributed by atoms with E-state index >= 15 is 0 Å². The van der Waals surface area contributed by atoms with Crippen LogP contribution in [0.3, 0.4) is 0 Å². The van der Waals surface area contributed by atoms with Crippen molar-refractivity contribution in [1.82, 2.24) is 4.90 Å². The summed E-state index contributed by atoms with van der Waals surface area (Å²) in [5.74, 6) is -0.810. The molecule has 1 N–H and O–H groups in total. The fourth-order valence-corrected chi connectivity index (χ4v) is 3.08. The highest BCUT2D eigenvalue weighted by Gasteiger charge is 2.15. The third-order valence-corrected chi connectivity index (χ3v) is 4.58. The van der Waals surface area contributed by atoms with Gasteiger partial charge in [0.05, 0.1) is 6.54 Å². The first-order valence-corrected chi connectivity index (χ1v) is 6.78. The number of rotatable bonds is 5. The molecule has 90 valence electrons. The van der Waals surface area contributed by atoms with Gasteiger partial charge in [0.1, 0.15) is 4.34 Å². The van der Waals surface area contributed by atoms with Gasteiger partial charge >= 0.3 is 5.97 Å².